The zero-order valence-corrected chi connectivity index (χ0v) is 21.3. The number of rotatable bonds is 15. The van der Waals surface area contributed by atoms with E-state index >= 15 is 0 Å². The van der Waals surface area contributed by atoms with E-state index in [1.54, 1.807) is 0 Å². The van der Waals surface area contributed by atoms with Crippen molar-refractivity contribution in [1.29, 1.82) is 0 Å². The first-order valence-electron chi connectivity index (χ1n) is 10.4. The van der Waals surface area contributed by atoms with Crippen molar-refractivity contribution in [3.8, 4) is 0 Å². The third kappa shape index (κ3) is 9.64. The molecule has 9 heteroatoms. The van der Waals surface area contributed by atoms with E-state index in [1.807, 2.05) is 0 Å². The topological polar surface area (TPSA) is 62.0 Å². The van der Waals surface area contributed by atoms with E-state index in [0.717, 1.165) is 45.3 Å². The van der Waals surface area contributed by atoms with Crippen molar-refractivity contribution in [3.63, 3.8) is 0 Å². The number of hydrogen-bond donors (Lipinski definition) is 0. The molecular formula is C18H40O6Si3. The molecule has 27 heavy (non-hydrogen) atoms. The molecule has 2 rings (SSSR count). The minimum Gasteiger partial charge on any atom is -0.437 e. The third-order valence-electron chi connectivity index (χ3n) is 4.84. The van der Waals surface area contributed by atoms with Gasteiger partial charge in [-0.3, -0.25) is 0 Å². The molecule has 6 nitrogen and oxygen atoms in total. The Bertz CT molecular complexity index is 452. The van der Waals surface area contributed by atoms with Crippen LogP contribution in [0.4, 0.5) is 0 Å². The van der Waals surface area contributed by atoms with Gasteiger partial charge in [0, 0.05) is 6.61 Å². The van der Waals surface area contributed by atoms with E-state index in [0.29, 0.717) is 18.8 Å². The third-order valence-corrected chi connectivity index (χ3v) is 16.8. The highest BCUT2D eigenvalue weighted by atomic mass is 28.5. The second kappa shape index (κ2) is 9.94. The van der Waals surface area contributed by atoms with Crippen LogP contribution in [0, 0.1) is 0 Å². The van der Waals surface area contributed by atoms with E-state index < -0.39 is 25.2 Å². The summed E-state index contributed by atoms with van der Waals surface area (Å²) in [4.78, 5) is 0. The minimum absolute atomic E-state index is 0.180. The Morgan fingerprint density at radius 2 is 1.52 bits per heavy atom. The second-order valence-electron chi connectivity index (χ2n) is 9.29. The van der Waals surface area contributed by atoms with E-state index in [4.69, 9.17) is 27.2 Å². The molecule has 0 N–H and O–H groups in total. The van der Waals surface area contributed by atoms with Crippen molar-refractivity contribution < 1.29 is 27.2 Å². The van der Waals surface area contributed by atoms with Crippen molar-refractivity contribution in [2.75, 3.05) is 33.0 Å². The Morgan fingerprint density at radius 3 is 2.07 bits per heavy atom. The number of ether oxygens (including phenoxy) is 4. The maximum atomic E-state index is 6.71. The molecule has 2 heterocycles. The maximum absolute atomic E-state index is 6.71. The summed E-state index contributed by atoms with van der Waals surface area (Å²) in [7, 11) is -6.02. The molecule has 0 amide bonds. The lowest BCUT2D eigenvalue weighted by Gasteiger charge is -2.41. The summed E-state index contributed by atoms with van der Waals surface area (Å²) in [5, 5.41) is 0. The number of hydrogen-bond acceptors (Lipinski definition) is 6. The van der Waals surface area contributed by atoms with Gasteiger partial charge in [0.2, 0.25) is 8.32 Å². The Morgan fingerprint density at radius 1 is 0.926 bits per heavy atom. The fraction of sp³-hybridized carbons (Fsp3) is 1.00. The van der Waals surface area contributed by atoms with Crippen molar-refractivity contribution >= 4 is 25.2 Å². The van der Waals surface area contributed by atoms with E-state index in [2.05, 4.69) is 46.2 Å². The van der Waals surface area contributed by atoms with Crippen LogP contribution in [0.2, 0.25) is 45.3 Å². The summed E-state index contributed by atoms with van der Waals surface area (Å²) in [5.41, 5.74) is 0.180. The summed E-state index contributed by atoms with van der Waals surface area (Å²) < 4.78 is 35.6. The zero-order valence-electron chi connectivity index (χ0n) is 18.3. The summed E-state index contributed by atoms with van der Waals surface area (Å²) in [6.07, 6.45) is 2.66. The molecule has 0 aromatic heterocycles. The molecule has 2 aliphatic rings. The fourth-order valence-corrected chi connectivity index (χ4v) is 18.0. The number of epoxide rings is 2. The molecule has 3 atom stereocenters. The van der Waals surface area contributed by atoms with E-state index in [-0.39, 0.29) is 5.73 Å². The summed E-state index contributed by atoms with van der Waals surface area (Å²) in [6.45, 7) is 19.6. The molecule has 0 bridgehead atoms. The normalized spacial score (nSPS) is 24.1. The largest absolute Gasteiger partial charge is 0.437 e. The molecule has 2 aliphatic heterocycles. The Labute approximate surface area is 168 Å². The first kappa shape index (κ1) is 23.7. The van der Waals surface area contributed by atoms with Crippen LogP contribution in [-0.2, 0) is 27.2 Å². The zero-order chi connectivity index (χ0) is 20.1. The predicted octanol–water partition coefficient (Wildman–Crippen LogP) is 3.67. The van der Waals surface area contributed by atoms with Crippen LogP contribution in [0.1, 0.15) is 19.8 Å². The van der Waals surface area contributed by atoms with Crippen LogP contribution >= 0.6 is 0 Å². The average molecular weight is 437 g/mol. The Kier molecular flexibility index (Phi) is 8.72. The lowest BCUT2D eigenvalue weighted by Crippen LogP contribution is -2.57. The van der Waals surface area contributed by atoms with Crippen LogP contribution in [-0.4, -0.2) is 76.2 Å². The first-order chi connectivity index (χ1) is 12.5. The van der Waals surface area contributed by atoms with Crippen molar-refractivity contribution in [2.45, 2.75) is 83.0 Å². The molecule has 160 valence electrons. The highest BCUT2D eigenvalue weighted by Crippen LogP contribution is 2.27. The highest BCUT2D eigenvalue weighted by molar-refractivity contribution is 6.88. The van der Waals surface area contributed by atoms with Gasteiger partial charge in [-0.05, 0) is 58.2 Å². The standard InChI is InChI=1S/C18H40O6Si3/c1-8-18(22-15-17-14-21-17)26(4,5)24-27(6,7)23-25(2,3)11-9-10-19-12-16-13-20-16/h16-18H,8-15H2,1-7H3. The van der Waals surface area contributed by atoms with Gasteiger partial charge in [-0.1, -0.05) is 6.92 Å². The molecule has 0 spiro atoms. The van der Waals surface area contributed by atoms with Gasteiger partial charge in [-0.15, -0.1) is 0 Å². The molecule has 0 saturated carbocycles. The highest BCUT2D eigenvalue weighted by Gasteiger charge is 2.43. The minimum atomic E-state index is -2.22. The maximum Gasteiger partial charge on any atom is 0.311 e. The molecular weight excluding hydrogens is 396 g/mol. The van der Waals surface area contributed by atoms with Crippen LogP contribution in [0.5, 0.6) is 0 Å². The second-order valence-corrected chi connectivity index (χ2v) is 21.6. The average Bonchev–Trinajstić information content (AvgIpc) is 3.39. The summed E-state index contributed by atoms with van der Waals surface area (Å²) in [6, 6.07) is 1.09. The smallest absolute Gasteiger partial charge is 0.311 e. The van der Waals surface area contributed by atoms with Crippen LogP contribution < -0.4 is 0 Å². The van der Waals surface area contributed by atoms with Gasteiger partial charge in [0.1, 0.15) is 12.2 Å². The Balaban J connectivity index is 1.75. The SMILES string of the molecule is CCC(OCC1CO1)[Si](C)(C)O[Si](C)(C)O[Si](C)(C)CCCOCC1CO1. The van der Waals surface area contributed by atoms with Gasteiger partial charge in [0.05, 0.1) is 32.2 Å². The van der Waals surface area contributed by atoms with Gasteiger partial charge in [0.15, 0.2) is 8.32 Å². The molecule has 0 aromatic rings. The van der Waals surface area contributed by atoms with Gasteiger partial charge in [-0.25, -0.2) is 0 Å². The molecule has 0 aliphatic carbocycles. The van der Waals surface area contributed by atoms with Gasteiger partial charge < -0.3 is 27.2 Å². The monoisotopic (exact) mass is 436 g/mol. The van der Waals surface area contributed by atoms with Gasteiger partial charge in [0.25, 0.3) is 0 Å². The quantitative estimate of drug-likeness (QED) is 0.222. The van der Waals surface area contributed by atoms with Crippen LogP contribution in [0.25, 0.3) is 0 Å². The van der Waals surface area contributed by atoms with Crippen molar-refractivity contribution in [1.82, 2.24) is 0 Å². The van der Waals surface area contributed by atoms with E-state index in [9.17, 15) is 0 Å². The molecule has 2 saturated heterocycles. The first-order valence-corrected chi connectivity index (χ1v) is 19.3. The van der Waals surface area contributed by atoms with E-state index in [1.165, 1.54) is 0 Å². The van der Waals surface area contributed by atoms with Crippen LogP contribution in [0.3, 0.4) is 0 Å². The Hall–Kier alpha value is 0.411. The summed E-state index contributed by atoms with van der Waals surface area (Å²) >= 11 is 0. The van der Waals surface area contributed by atoms with Gasteiger partial charge >= 0.3 is 8.56 Å². The molecule has 0 radical (unpaired) electrons. The molecule has 3 unspecified atom stereocenters. The van der Waals surface area contributed by atoms with Crippen molar-refractivity contribution in [2.24, 2.45) is 0 Å². The van der Waals surface area contributed by atoms with Gasteiger partial charge in [-0.2, -0.15) is 0 Å². The molecule has 2 fully saturated rings. The lowest BCUT2D eigenvalue weighted by molar-refractivity contribution is 0.0737. The van der Waals surface area contributed by atoms with Crippen molar-refractivity contribution in [3.05, 3.63) is 0 Å². The molecule has 0 aromatic carbocycles. The lowest BCUT2D eigenvalue weighted by atomic mass is 10.5. The van der Waals surface area contributed by atoms with Crippen LogP contribution in [0.15, 0.2) is 0 Å². The summed E-state index contributed by atoms with van der Waals surface area (Å²) in [5.74, 6) is 0. The fourth-order valence-electron chi connectivity index (χ4n) is 3.61. The predicted molar refractivity (Wildman–Crippen MR) is 114 cm³/mol.